The van der Waals surface area contributed by atoms with E-state index in [9.17, 15) is 4.79 Å². The van der Waals surface area contributed by atoms with Crippen LogP contribution in [0.1, 0.15) is 25.7 Å². The fourth-order valence-corrected chi connectivity index (χ4v) is 2.64. The van der Waals surface area contributed by atoms with Crippen LogP contribution < -0.4 is 0 Å². The molecule has 0 N–H and O–H groups in total. The molecule has 0 radical (unpaired) electrons. The summed E-state index contributed by atoms with van der Waals surface area (Å²) in [5.41, 5.74) is 0. The molecule has 68 valence electrons. The maximum absolute atomic E-state index is 11.6. The second-order valence-corrected chi connectivity index (χ2v) is 4.30. The lowest BCUT2D eigenvalue weighted by atomic mass is 9.91. The molecule has 1 aliphatic heterocycles. The molecule has 12 heavy (non-hydrogen) atoms. The Morgan fingerprint density at radius 3 is 3.00 bits per heavy atom. The van der Waals surface area contributed by atoms with Gasteiger partial charge in [-0.15, -0.1) is 0 Å². The predicted octanol–water partition coefficient (Wildman–Crippen LogP) is 1.31. The van der Waals surface area contributed by atoms with Crippen LogP contribution >= 0.6 is 0 Å². The first-order valence-corrected chi connectivity index (χ1v) is 4.98. The first kappa shape index (κ1) is 8.24. The number of carbonyl (C=O) groups is 1. The van der Waals surface area contributed by atoms with Gasteiger partial charge < -0.3 is 4.90 Å². The number of fused-ring (bicyclic) bond motifs is 1. The highest BCUT2D eigenvalue weighted by molar-refractivity contribution is 5.82. The number of hydrogen-bond donors (Lipinski definition) is 0. The quantitative estimate of drug-likeness (QED) is 0.542. The van der Waals surface area contributed by atoms with Gasteiger partial charge in [-0.25, -0.2) is 0 Å². The van der Waals surface area contributed by atoms with Crippen molar-refractivity contribution in [2.45, 2.75) is 25.7 Å². The van der Waals surface area contributed by atoms with Crippen molar-refractivity contribution < 1.29 is 4.79 Å². The molecule has 0 bridgehead atoms. The second-order valence-electron chi connectivity index (χ2n) is 4.30. The van der Waals surface area contributed by atoms with Crippen LogP contribution in [-0.2, 0) is 4.79 Å². The highest BCUT2D eigenvalue weighted by Gasteiger charge is 2.36. The van der Waals surface area contributed by atoms with Gasteiger partial charge in [0.15, 0.2) is 0 Å². The van der Waals surface area contributed by atoms with E-state index in [1.165, 1.54) is 12.8 Å². The Balaban J connectivity index is 2.09. The van der Waals surface area contributed by atoms with Crippen LogP contribution in [0, 0.1) is 11.8 Å². The number of rotatable bonds is 0. The molecule has 0 amide bonds. The summed E-state index contributed by atoms with van der Waals surface area (Å²) in [6, 6.07) is 0. The van der Waals surface area contributed by atoms with Crippen molar-refractivity contribution in [1.82, 2.24) is 4.90 Å². The molecule has 1 aliphatic carbocycles. The van der Waals surface area contributed by atoms with E-state index in [0.29, 0.717) is 17.6 Å². The van der Waals surface area contributed by atoms with Crippen molar-refractivity contribution in [1.29, 1.82) is 0 Å². The first-order chi connectivity index (χ1) is 5.77. The summed E-state index contributed by atoms with van der Waals surface area (Å²) in [7, 11) is 2.13. The highest BCUT2D eigenvalue weighted by Crippen LogP contribution is 2.31. The molecular weight excluding hydrogens is 150 g/mol. The van der Waals surface area contributed by atoms with E-state index in [1.54, 1.807) is 0 Å². The van der Waals surface area contributed by atoms with Crippen LogP contribution in [0.5, 0.6) is 0 Å². The van der Waals surface area contributed by atoms with E-state index < -0.39 is 0 Å². The van der Waals surface area contributed by atoms with Crippen LogP contribution in [0.3, 0.4) is 0 Å². The molecule has 0 spiro atoms. The number of hydrogen-bond acceptors (Lipinski definition) is 2. The minimum atomic E-state index is 0.387. The van der Waals surface area contributed by atoms with Gasteiger partial charge in [0.25, 0.3) is 0 Å². The number of nitrogens with zero attached hydrogens (tertiary/aromatic N) is 1. The van der Waals surface area contributed by atoms with E-state index in [0.717, 1.165) is 25.9 Å². The number of carbonyl (C=O) groups excluding carboxylic acids is 1. The Labute approximate surface area is 73.9 Å². The minimum Gasteiger partial charge on any atom is -0.305 e. The average Bonchev–Trinajstić information content (AvgIpc) is 2.33. The van der Waals surface area contributed by atoms with Crippen molar-refractivity contribution in [3.63, 3.8) is 0 Å². The zero-order valence-corrected chi connectivity index (χ0v) is 7.75. The SMILES string of the molecule is CN1C[C@@H]2CCCCC(=O)[C@@H]2C1. The van der Waals surface area contributed by atoms with Crippen molar-refractivity contribution in [2.24, 2.45) is 11.8 Å². The van der Waals surface area contributed by atoms with Gasteiger partial charge in [-0.1, -0.05) is 6.42 Å². The summed E-state index contributed by atoms with van der Waals surface area (Å²) in [4.78, 5) is 13.9. The maximum atomic E-state index is 11.6. The molecule has 1 saturated carbocycles. The van der Waals surface area contributed by atoms with E-state index in [4.69, 9.17) is 0 Å². The molecule has 0 aromatic heterocycles. The summed E-state index contributed by atoms with van der Waals surface area (Å²) >= 11 is 0. The fourth-order valence-electron chi connectivity index (χ4n) is 2.64. The topological polar surface area (TPSA) is 20.3 Å². The third-order valence-electron chi connectivity index (χ3n) is 3.29. The monoisotopic (exact) mass is 167 g/mol. The highest BCUT2D eigenvalue weighted by atomic mass is 16.1. The number of ketones is 1. The molecule has 2 atom stereocenters. The molecule has 2 fully saturated rings. The molecule has 0 unspecified atom stereocenters. The van der Waals surface area contributed by atoms with Crippen molar-refractivity contribution in [3.8, 4) is 0 Å². The molecule has 0 aromatic rings. The summed E-state index contributed by atoms with van der Waals surface area (Å²) in [5, 5.41) is 0. The average molecular weight is 167 g/mol. The molecule has 2 nitrogen and oxygen atoms in total. The van der Waals surface area contributed by atoms with Crippen LogP contribution in [0.15, 0.2) is 0 Å². The third kappa shape index (κ3) is 1.40. The van der Waals surface area contributed by atoms with Crippen LogP contribution in [-0.4, -0.2) is 30.8 Å². The van der Waals surface area contributed by atoms with Gasteiger partial charge >= 0.3 is 0 Å². The molecule has 2 aliphatic rings. The van der Waals surface area contributed by atoms with Crippen molar-refractivity contribution in [2.75, 3.05) is 20.1 Å². The van der Waals surface area contributed by atoms with Crippen molar-refractivity contribution >= 4 is 5.78 Å². The van der Waals surface area contributed by atoms with Gasteiger partial charge in [-0.3, -0.25) is 4.79 Å². The van der Waals surface area contributed by atoms with Gasteiger partial charge in [0.1, 0.15) is 5.78 Å². The lowest BCUT2D eigenvalue weighted by Gasteiger charge is -2.11. The molecule has 1 heterocycles. The van der Waals surface area contributed by atoms with Gasteiger partial charge in [0, 0.05) is 25.4 Å². The molecule has 2 rings (SSSR count). The minimum absolute atomic E-state index is 0.387. The zero-order valence-electron chi connectivity index (χ0n) is 7.75. The Morgan fingerprint density at radius 2 is 2.17 bits per heavy atom. The normalized spacial score (nSPS) is 37.9. The Kier molecular flexibility index (Phi) is 2.18. The van der Waals surface area contributed by atoms with Crippen LogP contribution in [0.2, 0.25) is 0 Å². The van der Waals surface area contributed by atoms with E-state index >= 15 is 0 Å². The standard InChI is InChI=1S/C10H17NO/c1-11-6-8-4-2-3-5-10(12)9(8)7-11/h8-9H,2-7H2,1H3/t8-,9+/m0/s1. The van der Waals surface area contributed by atoms with E-state index in [1.807, 2.05) is 0 Å². The lowest BCUT2D eigenvalue weighted by Crippen LogP contribution is -2.20. The van der Waals surface area contributed by atoms with Gasteiger partial charge in [0.05, 0.1) is 0 Å². The van der Waals surface area contributed by atoms with E-state index in [2.05, 4.69) is 11.9 Å². The molecule has 2 heteroatoms. The van der Waals surface area contributed by atoms with Gasteiger partial charge in [0.2, 0.25) is 0 Å². The lowest BCUT2D eigenvalue weighted by molar-refractivity contribution is -0.123. The summed E-state index contributed by atoms with van der Waals surface area (Å²) in [6.07, 6.45) is 4.52. The maximum Gasteiger partial charge on any atom is 0.137 e. The summed E-state index contributed by atoms with van der Waals surface area (Å²) in [5.74, 6) is 1.60. The van der Waals surface area contributed by atoms with Crippen LogP contribution in [0.4, 0.5) is 0 Å². The smallest absolute Gasteiger partial charge is 0.137 e. The van der Waals surface area contributed by atoms with E-state index in [-0.39, 0.29) is 0 Å². The number of likely N-dealkylation sites (tertiary alicyclic amines) is 1. The summed E-state index contributed by atoms with van der Waals surface area (Å²) in [6.45, 7) is 2.17. The molecule has 1 saturated heterocycles. The Bertz CT molecular complexity index is 190. The van der Waals surface area contributed by atoms with Gasteiger partial charge in [-0.05, 0) is 25.8 Å². The fraction of sp³-hybridized carbons (Fsp3) is 0.900. The summed E-state index contributed by atoms with van der Waals surface area (Å²) < 4.78 is 0. The van der Waals surface area contributed by atoms with Crippen molar-refractivity contribution in [3.05, 3.63) is 0 Å². The second kappa shape index (κ2) is 3.17. The van der Waals surface area contributed by atoms with Crippen LogP contribution in [0.25, 0.3) is 0 Å². The largest absolute Gasteiger partial charge is 0.305 e. The number of Topliss-reactive ketones (excluding diaryl/α,β-unsaturated/α-hetero) is 1. The zero-order chi connectivity index (χ0) is 8.55. The van der Waals surface area contributed by atoms with Gasteiger partial charge in [-0.2, -0.15) is 0 Å². The predicted molar refractivity (Wildman–Crippen MR) is 48.0 cm³/mol. The first-order valence-electron chi connectivity index (χ1n) is 4.98. The third-order valence-corrected chi connectivity index (χ3v) is 3.29. The Hall–Kier alpha value is -0.370. The Morgan fingerprint density at radius 1 is 1.33 bits per heavy atom. The molecular formula is C10H17NO. The molecule has 0 aromatic carbocycles.